The molecule has 2 aromatic rings. The minimum atomic E-state index is -0.360. The lowest BCUT2D eigenvalue weighted by Crippen LogP contribution is -2.14. The summed E-state index contributed by atoms with van der Waals surface area (Å²) >= 11 is 0. The first-order valence-electron chi connectivity index (χ1n) is 7.49. The molecule has 122 valence electrons. The van der Waals surface area contributed by atoms with E-state index >= 15 is 0 Å². The van der Waals surface area contributed by atoms with E-state index in [9.17, 15) is 14.0 Å². The maximum atomic E-state index is 12.9. The van der Waals surface area contributed by atoms with Crippen molar-refractivity contribution in [1.82, 2.24) is 0 Å². The second kappa shape index (κ2) is 6.28. The number of halogens is 1. The van der Waals surface area contributed by atoms with Gasteiger partial charge in [0.05, 0.1) is 11.5 Å². The number of ketones is 1. The molecule has 0 aromatic heterocycles. The Labute approximate surface area is 138 Å². The van der Waals surface area contributed by atoms with E-state index in [1.54, 1.807) is 44.2 Å². The van der Waals surface area contributed by atoms with Crippen molar-refractivity contribution in [2.45, 2.75) is 13.8 Å². The largest absolute Gasteiger partial charge is 0.452 e. The van der Waals surface area contributed by atoms with Gasteiger partial charge < -0.3 is 9.47 Å². The summed E-state index contributed by atoms with van der Waals surface area (Å²) in [5.74, 6) is -0.433. The van der Waals surface area contributed by atoms with Gasteiger partial charge in [0.25, 0.3) is 0 Å². The number of Topliss-reactive ketones (excluding diaryl/α,β-unsaturated/α-hetero) is 1. The molecule has 0 N–H and O–H groups in total. The third kappa shape index (κ3) is 3.20. The number of benzene rings is 2. The highest BCUT2D eigenvalue weighted by atomic mass is 19.1. The smallest absolute Gasteiger partial charge is 0.313 e. The van der Waals surface area contributed by atoms with E-state index in [1.807, 2.05) is 0 Å². The lowest BCUT2D eigenvalue weighted by Gasteiger charge is -2.07. The Morgan fingerprint density at radius 2 is 1.88 bits per heavy atom. The molecule has 2 aromatic carbocycles. The molecular formula is C19H15FO4. The molecule has 1 aliphatic heterocycles. The number of hydrogen-bond acceptors (Lipinski definition) is 4. The molecule has 0 amide bonds. The number of carbonyl (C=O) groups is 2. The number of allylic oxidation sites excluding steroid dienone is 1. The van der Waals surface area contributed by atoms with Gasteiger partial charge in [-0.05, 0) is 35.9 Å². The molecule has 24 heavy (non-hydrogen) atoms. The summed E-state index contributed by atoms with van der Waals surface area (Å²) in [6.07, 6.45) is 1.54. The Kier molecular flexibility index (Phi) is 4.16. The Hall–Kier alpha value is -2.95. The van der Waals surface area contributed by atoms with Crippen LogP contribution >= 0.6 is 0 Å². The molecule has 0 bridgehead atoms. The Morgan fingerprint density at radius 3 is 2.54 bits per heavy atom. The van der Waals surface area contributed by atoms with Crippen LogP contribution in [0.15, 0.2) is 48.2 Å². The number of fused-ring (bicyclic) bond motifs is 1. The highest BCUT2D eigenvalue weighted by Crippen LogP contribution is 2.35. The molecule has 0 spiro atoms. The average molecular weight is 326 g/mol. The van der Waals surface area contributed by atoms with Gasteiger partial charge in [-0.15, -0.1) is 0 Å². The van der Waals surface area contributed by atoms with Crippen LogP contribution in [0, 0.1) is 11.7 Å². The second-order valence-electron chi connectivity index (χ2n) is 5.73. The van der Waals surface area contributed by atoms with Crippen molar-refractivity contribution >= 4 is 17.8 Å². The zero-order chi connectivity index (χ0) is 17.3. The maximum absolute atomic E-state index is 12.9. The van der Waals surface area contributed by atoms with Gasteiger partial charge in [-0.1, -0.05) is 26.0 Å². The summed E-state index contributed by atoms with van der Waals surface area (Å²) < 4.78 is 23.7. The molecule has 3 rings (SSSR count). The Balaban J connectivity index is 1.84. The number of esters is 1. The molecule has 4 nitrogen and oxygen atoms in total. The summed E-state index contributed by atoms with van der Waals surface area (Å²) in [6.45, 7) is 3.47. The first kappa shape index (κ1) is 15.9. The third-order valence-corrected chi connectivity index (χ3v) is 3.50. The van der Waals surface area contributed by atoms with Gasteiger partial charge in [-0.2, -0.15) is 0 Å². The molecule has 1 aliphatic rings. The Morgan fingerprint density at radius 1 is 1.17 bits per heavy atom. The monoisotopic (exact) mass is 326 g/mol. The SMILES string of the molecule is CC(C)C(=O)Oc1ccc2c(c1)OC(=Cc1ccc(F)cc1)C2=O. The lowest BCUT2D eigenvalue weighted by molar-refractivity contribution is -0.137. The van der Waals surface area contributed by atoms with E-state index < -0.39 is 0 Å². The normalized spacial score (nSPS) is 14.7. The van der Waals surface area contributed by atoms with Gasteiger partial charge in [0.2, 0.25) is 5.78 Å². The van der Waals surface area contributed by atoms with Crippen LogP contribution in [-0.2, 0) is 4.79 Å². The van der Waals surface area contributed by atoms with Crippen molar-refractivity contribution in [3.05, 3.63) is 65.2 Å². The van der Waals surface area contributed by atoms with Crippen molar-refractivity contribution in [2.75, 3.05) is 0 Å². The van der Waals surface area contributed by atoms with Crippen LogP contribution in [0.2, 0.25) is 0 Å². The van der Waals surface area contributed by atoms with E-state index in [0.717, 1.165) is 0 Å². The molecule has 0 unspecified atom stereocenters. The summed E-state index contributed by atoms with van der Waals surface area (Å²) in [5, 5.41) is 0. The predicted octanol–water partition coefficient (Wildman–Crippen LogP) is 4.00. The highest BCUT2D eigenvalue weighted by Gasteiger charge is 2.28. The average Bonchev–Trinajstić information content (AvgIpc) is 2.85. The number of ether oxygens (including phenoxy) is 2. The van der Waals surface area contributed by atoms with E-state index in [4.69, 9.17) is 9.47 Å². The van der Waals surface area contributed by atoms with Crippen molar-refractivity contribution in [2.24, 2.45) is 5.92 Å². The summed E-state index contributed by atoms with van der Waals surface area (Å²) in [4.78, 5) is 24.0. The van der Waals surface area contributed by atoms with Gasteiger partial charge >= 0.3 is 5.97 Å². The van der Waals surface area contributed by atoms with Crippen LogP contribution in [0.25, 0.3) is 6.08 Å². The lowest BCUT2D eigenvalue weighted by atomic mass is 10.1. The minimum Gasteiger partial charge on any atom is -0.452 e. The van der Waals surface area contributed by atoms with Crippen LogP contribution in [0.5, 0.6) is 11.5 Å². The molecule has 0 atom stereocenters. The minimum absolute atomic E-state index is 0.143. The molecule has 0 saturated heterocycles. The van der Waals surface area contributed by atoms with Crippen LogP contribution in [0.4, 0.5) is 4.39 Å². The number of carbonyl (C=O) groups excluding carboxylic acids is 2. The van der Waals surface area contributed by atoms with Crippen molar-refractivity contribution in [3.63, 3.8) is 0 Å². The molecule has 0 saturated carbocycles. The molecule has 1 heterocycles. The molecule has 0 fully saturated rings. The fourth-order valence-electron chi connectivity index (χ4n) is 2.18. The first-order chi connectivity index (χ1) is 11.4. The van der Waals surface area contributed by atoms with Gasteiger partial charge in [-0.3, -0.25) is 9.59 Å². The van der Waals surface area contributed by atoms with Crippen molar-refractivity contribution in [1.29, 1.82) is 0 Å². The molecular weight excluding hydrogens is 311 g/mol. The zero-order valence-corrected chi connectivity index (χ0v) is 13.2. The maximum Gasteiger partial charge on any atom is 0.313 e. The fourth-order valence-corrected chi connectivity index (χ4v) is 2.18. The molecule has 0 radical (unpaired) electrons. The highest BCUT2D eigenvalue weighted by molar-refractivity contribution is 6.14. The van der Waals surface area contributed by atoms with Crippen LogP contribution < -0.4 is 9.47 Å². The summed E-state index contributed by atoms with van der Waals surface area (Å²) in [6, 6.07) is 10.4. The van der Waals surface area contributed by atoms with Crippen LogP contribution in [0.3, 0.4) is 0 Å². The number of rotatable bonds is 3. The van der Waals surface area contributed by atoms with Crippen molar-refractivity contribution in [3.8, 4) is 11.5 Å². The topological polar surface area (TPSA) is 52.6 Å². The first-order valence-corrected chi connectivity index (χ1v) is 7.49. The third-order valence-electron chi connectivity index (χ3n) is 3.50. The second-order valence-corrected chi connectivity index (χ2v) is 5.73. The van der Waals surface area contributed by atoms with E-state index in [1.165, 1.54) is 18.2 Å². The predicted molar refractivity (Wildman–Crippen MR) is 86.3 cm³/mol. The van der Waals surface area contributed by atoms with Gasteiger partial charge in [0.1, 0.15) is 17.3 Å². The summed E-state index contributed by atoms with van der Waals surface area (Å²) in [7, 11) is 0. The fraction of sp³-hybridized carbons (Fsp3) is 0.158. The van der Waals surface area contributed by atoms with E-state index in [2.05, 4.69) is 0 Å². The molecule has 5 heteroatoms. The Bertz CT molecular complexity index is 835. The van der Waals surface area contributed by atoms with Crippen molar-refractivity contribution < 1.29 is 23.5 Å². The summed E-state index contributed by atoms with van der Waals surface area (Å²) in [5.41, 5.74) is 1.05. The number of hydrogen-bond donors (Lipinski definition) is 0. The van der Waals surface area contributed by atoms with Gasteiger partial charge in [0, 0.05) is 6.07 Å². The van der Waals surface area contributed by atoms with Gasteiger partial charge in [-0.25, -0.2) is 4.39 Å². The van der Waals surface area contributed by atoms with Crippen LogP contribution in [-0.4, -0.2) is 11.8 Å². The standard InChI is InChI=1S/C19H15FO4/c1-11(2)19(22)23-14-7-8-15-16(10-14)24-17(18(15)21)9-12-3-5-13(20)6-4-12/h3-11H,1-2H3. The molecule has 0 aliphatic carbocycles. The van der Waals surface area contributed by atoms with Gasteiger partial charge in [0.15, 0.2) is 5.76 Å². The van der Waals surface area contributed by atoms with E-state index in [-0.39, 0.29) is 29.2 Å². The van der Waals surface area contributed by atoms with Crippen LogP contribution in [0.1, 0.15) is 29.8 Å². The quantitative estimate of drug-likeness (QED) is 0.486. The van der Waals surface area contributed by atoms with E-state index in [0.29, 0.717) is 22.6 Å². The zero-order valence-electron chi connectivity index (χ0n) is 13.2.